The van der Waals surface area contributed by atoms with E-state index in [1.165, 1.54) is 120 Å². The normalized spacial score (nSPS) is 13.9. The SMILES string of the molecule is c1ccc(-n2c3ccccc3c3cc(-c4ccc5c(c4)c4ccccc4n5-c4ccc5ccccc5c4)ccc32)cc1.c1ccc(C2=NC(c3cc(-n4c5ccccc5c5ccccc54)cc(-n4c5ccccc5c5ccccc54)c3)=NC(c3ccccc3)N2)cc1.c1ccc(C2=NC(c3ccccc3)N=C(c3cccc(-n4c5ccccc5c5ccccc54)c3)N2)cc1. The van der Waals surface area contributed by atoms with Crippen molar-refractivity contribution in [3.63, 3.8) is 0 Å². The van der Waals surface area contributed by atoms with Crippen LogP contribution in [0.1, 0.15) is 45.7 Å². The first-order valence-corrected chi connectivity index (χ1v) is 43.9. The smallest absolute Gasteiger partial charge is 0.169 e. The van der Waals surface area contributed by atoms with E-state index >= 15 is 0 Å². The fourth-order valence-electron chi connectivity index (χ4n) is 19.4. The predicted molar refractivity (Wildman–Crippen MR) is 538 cm³/mol. The van der Waals surface area contributed by atoms with E-state index in [1.54, 1.807) is 0 Å². The summed E-state index contributed by atoms with van der Waals surface area (Å²) in [4.78, 5) is 20.5. The first kappa shape index (κ1) is 75.5. The van der Waals surface area contributed by atoms with Crippen LogP contribution in [0.2, 0.25) is 0 Å². The lowest BCUT2D eigenvalue weighted by atomic mass is 10.0. The molecule has 11 heteroatoms. The van der Waals surface area contributed by atoms with Gasteiger partial charge in [0.05, 0.1) is 55.2 Å². The molecule has 19 aromatic carbocycles. The molecule has 2 atom stereocenters. The Bertz CT molecular complexity index is 8330. The molecule has 0 radical (unpaired) electrons. The summed E-state index contributed by atoms with van der Waals surface area (Å²) in [7, 11) is 0. The molecule has 0 amide bonds. The van der Waals surface area contributed by atoms with Crippen LogP contribution in [0.25, 0.3) is 159 Å². The summed E-state index contributed by atoms with van der Waals surface area (Å²) in [6.45, 7) is 0. The third-order valence-corrected chi connectivity index (χ3v) is 25.3. The molecule has 2 unspecified atom stereocenters. The zero-order chi connectivity index (χ0) is 85.2. The Balaban J connectivity index is 0.000000109. The molecular weight excluding hydrogens is 1570 g/mol. The molecule has 2 N–H and O–H groups in total. The van der Waals surface area contributed by atoms with Gasteiger partial charge in [0.15, 0.2) is 12.0 Å². The Kier molecular flexibility index (Phi) is 18.8. The standard InChI is InChI=1S/C45H31N5.C40H26N2.C33H24N4/c1-3-15-30(16-4-1)43-46-44(31-17-5-2-6-18-31)48-45(47-43)32-27-33(49-39-23-11-7-19-35(39)36-20-8-12-24-40(36)49)29-34(28-32)50-41-25-13-9-21-37(41)38-22-10-14-26-42(38)50;1-2-12-31(13-3-1)41-37-16-8-6-14-33(37)35-25-29(19-22-39(35)41)30-20-23-40-36(26-30)34-15-7-9-17-38(34)42(40)32-21-18-27-10-4-5-11-28(27)24-32;1-3-12-23(13-4-1)31-34-32(24-14-5-2-6-15-24)36-33(35-31)25-16-11-17-26(22-25)37-29-20-9-7-18-27(29)28-19-8-10-21-30(28)37/h1-29,43H,(H,46,47,48);1-26H;1-22,31H,(H,34,35,36). The minimum atomic E-state index is -0.315. The highest BCUT2D eigenvalue weighted by molar-refractivity contribution is 6.19. The van der Waals surface area contributed by atoms with Crippen molar-refractivity contribution in [3.8, 4) is 39.6 Å². The Hall–Kier alpha value is -17.3. The van der Waals surface area contributed by atoms with Gasteiger partial charge in [0, 0.05) is 105 Å². The van der Waals surface area contributed by atoms with E-state index in [1.807, 2.05) is 60.7 Å². The molecule has 5 aromatic heterocycles. The largest absolute Gasteiger partial charge is 0.344 e. The van der Waals surface area contributed by atoms with Gasteiger partial charge in [-0.15, -0.1) is 0 Å². The predicted octanol–water partition coefficient (Wildman–Crippen LogP) is 28.4. The molecule has 26 rings (SSSR count). The third kappa shape index (κ3) is 13.6. The monoisotopic (exact) mass is 1650 g/mol. The number of rotatable bonds is 12. The lowest BCUT2D eigenvalue weighted by Crippen LogP contribution is -2.36. The zero-order valence-corrected chi connectivity index (χ0v) is 70.1. The molecule has 129 heavy (non-hydrogen) atoms. The Labute approximate surface area is 744 Å². The fraction of sp³-hybridized carbons (Fsp3) is 0.0169. The molecule has 0 bridgehead atoms. The fourth-order valence-corrected chi connectivity index (χ4v) is 19.4. The number of nitrogens with zero attached hydrogens (tertiary/aromatic N) is 9. The minimum Gasteiger partial charge on any atom is -0.344 e. The molecule has 2 aliphatic rings. The summed E-state index contributed by atoms with van der Waals surface area (Å²) in [5.74, 6) is 3.11. The Morgan fingerprint density at radius 1 is 0.186 bits per heavy atom. The van der Waals surface area contributed by atoms with Crippen LogP contribution < -0.4 is 10.6 Å². The van der Waals surface area contributed by atoms with Gasteiger partial charge < -0.3 is 33.5 Å². The second kappa shape index (κ2) is 32.1. The first-order chi connectivity index (χ1) is 64.0. The number of aromatic nitrogens is 5. The van der Waals surface area contributed by atoms with Crippen LogP contribution in [0.5, 0.6) is 0 Å². The summed E-state index contributed by atoms with van der Waals surface area (Å²) in [5.41, 5.74) is 26.0. The number of para-hydroxylation sites is 9. The molecular formula is C118H81N11. The Morgan fingerprint density at radius 3 is 0.969 bits per heavy atom. The van der Waals surface area contributed by atoms with Gasteiger partial charge >= 0.3 is 0 Å². The Morgan fingerprint density at radius 2 is 0.512 bits per heavy atom. The van der Waals surface area contributed by atoms with Crippen LogP contribution in [-0.2, 0) is 0 Å². The molecule has 24 aromatic rings. The molecule has 2 aliphatic heterocycles. The second-order valence-electron chi connectivity index (χ2n) is 32.9. The van der Waals surface area contributed by atoms with Crippen molar-refractivity contribution in [2.45, 2.75) is 12.3 Å². The maximum atomic E-state index is 5.29. The summed E-state index contributed by atoms with van der Waals surface area (Å²) < 4.78 is 11.9. The van der Waals surface area contributed by atoms with Crippen LogP contribution in [0.15, 0.2) is 487 Å². The van der Waals surface area contributed by atoms with E-state index in [-0.39, 0.29) is 12.3 Å². The van der Waals surface area contributed by atoms with E-state index < -0.39 is 0 Å². The van der Waals surface area contributed by atoms with Crippen molar-refractivity contribution in [1.29, 1.82) is 0 Å². The van der Waals surface area contributed by atoms with E-state index in [2.05, 4.69) is 440 Å². The van der Waals surface area contributed by atoms with Gasteiger partial charge in [-0.2, -0.15) is 0 Å². The number of hydrogen-bond acceptors (Lipinski definition) is 6. The van der Waals surface area contributed by atoms with Crippen molar-refractivity contribution < 1.29 is 0 Å². The van der Waals surface area contributed by atoms with Crippen LogP contribution in [0, 0.1) is 0 Å². The number of benzene rings is 19. The molecule has 0 spiro atoms. The number of aliphatic imine (C=N–C) groups is 4. The van der Waals surface area contributed by atoms with E-state index in [4.69, 9.17) is 20.0 Å². The van der Waals surface area contributed by atoms with E-state index in [0.717, 1.165) is 90.0 Å². The van der Waals surface area contributed by atoms with Crippen molar-refractivity contribution >= 4 is 143 Å². The van der Waals surface area contributed by atoms with Gasteiger partial charge in [0.1, 0.15) is 23.7 Å². The molecule has 0 saturated carbocycles. The summed E-state index contributed by atoms with van der Waals surface area (Å²) in [6.07, 6.45) is -0.614. The van der Waals surface area contributed by atoms with Gasteiger partial charge in [-0.25, -0.2) is 20.0 Å². The molecule has 7 heterocycles. The number of amidine groups is 4. The molecule has 608 valence electrons. The average molecular weight is 1650 g/mol. The number of fused-ring (bicyclic) bond motifs is 16. The lowest BCUT2D eigenvalue weighted by Gasteiger charge is -2.24. The summed E-state index contributed by atoms with van der Waals surface area (Å²) in [6, 6.07) is 166. The highest BCUT2D eigenvalue weighted by atomic mass is 15.2. The molecule has 0 aliphatic carbocycles. The van der Waals surface area contributed by atoms with Gasteiger partial charge in [0.25, 0.3) is 0 Å². The van der Waals surface area contributed by atoms with Gasteiger partial charge in [-0.05, 0) is 160 Å². The van der Waals surface area contributed by atoms with E-state index in [9.17, 15) is 0 Å². The molecule has 11 nitrogen and oxygen atoms in total. The number of nitrogens with one attached hydrogen (secondary N) is 2. The zero-order valence-electron chi connectivity index (χ0n) is 70.1. The second-order valence-corrected chi connectivity index (χ2v) is 32.9. The van der Waals surface area contributed by atoms with Gasteiger partial charge in [0.2, 0.25) is 0 Å². The van der Waals surface area contributed by atoms with Crippen LogP contribution in [0.3, 0.4) is 0 Å². The topological polar surface area (TPSA) is 98.2 Å². The van der Waals surface area contributed by atoms with Crippen molar-refractivity contribution in [2.24, 2.45) is 20.0 Å². The van der Waals surface area contributed by atoms with Crippen molar-refractivity contribution in [3.05, 3.63) is 500 Å². The maximum Gasteiger partial charge on any atom is 0.169 e. The maximum absolute atomic E-state index is 5.29. The highest BCUT2D eigenvalue weighted by Crippen LogP contribution is 2.43. The minimum absolute atomic E-state index is 0.299. The molecule has 0 fully saturated rings. The van der Waals surface area contributed by atoms with Crippen molar-refractivity contribution in [1.82, 2.24) is 33.5 Å². The van der Waals surface area contributed by atoms with E-state index in [0.29, 0.717) is 5.84 Å². The van der Waals surface area contributed by atoms with Gasteiger partial charge in [-0.3, -0.25) is 0 Å². The van der Waals surface area contributed by atoms with Crippen LogP contribution >= 0.6 is 0 Å². The lowest BCUT2D eigenvalue weighted by molar-refractivity contribution is 0.674. The summed E-state index contributed by atoms with van der Waals surface area (Å²) >= 11 is 0. The quantitative estimate of drug-likeness (QED) is 0.127. The van der Waals surface area contributed by atoms with Crippen LogP contribution in [0.4, 0.5) is 0 Å². The summed E-state index contributed by atoms with van der Waals surface area (Å²) in [5, 5.41) is 22.1. The average Bonchev–Trinajstić information content (AvgIpc) is 1.60. The molecule has 0 saturated heterocycles. The van der Waals surface area contributed by atoms with Crippen LogP contribution in [-0.4, -0.2) is 46.2 Å². The first-order valence-electron chi connectivity index (χ1n) is 43.9. The number of hydrogen-bond donors (Lipinski definition) is 2. The third-order valence-electron chi connectivity index (χ3n) is 25.3. The van der Waals surface area contributed by atoms with Crippen molar-refractivity contribution in [2.75, 3.05) is 0 Å². The van der Waals surface area contributed by atoms with Gasteiger partial charge in [-0.1, -0.05) is 340 Å². The highest BCUT2D eigenvalue weighted by Gasteiger charge is 2.27.